The molecule has 2 fully saturated rings. The highest BCUT2D eigenvalue weighted by molar-refractivity contribution is 5.94. The van der Waals surface area contributed by atoms with Crippen LogP contribution in [0.4, 0.5) is 10.5 Å². The zero-order valence-corrected chi connectivity index (χ0v) is 16.3. The number of aromatic nitrogens is 1. The lowest BCUT2D eigenvalue weighted by molar-refractivity contribution is 0.0696. The van der Waals surface area contributed by atoms with Gasteiger partial charge in [0.05, 0.1) is 17.9 Å². The van der Waals surface area contributed by atoms with E-state index in [0.717, 1.165) is 44.5 Å². The molecule has 1 aromatic rings. The average molecular weight is 374 g/mol. The molecule has 148 valence electrons. The van der Waals surface area contributed by atoms with Gasteiger partial charge in [0.2, 0.25) is 0 Å². The molecule has 0 radical (unpaired) electrons. The molecule has 2 aliphatic heterocycles. The summed E-state index contributed by atoms with van der Waals surface area (Å²) in [5, 5.41) is 3.47. The highest BCUT2D eigenvalue weighted by Crippen LogP contribution is 2.21. The van der Waals surface area contributed by atoms with Gasteiger partial charge in [0.25, 0.3) is 5.91 Å². The Bertz CT molecular complexity index is 650. The van der Waals surface area contributed by atoms with Crippen LogP contribution in [0.25, 0.3) is 0 Å². The summed E-state index contributed by atoms with van der Waals surface area (Å²) < 4.78 is 5.06. The molecule has 1 N–H and O–H groups in total. The number of pyridine rings is 1. The van der Waals surface area contributed by atoms with E-state index in [1.807, 2.05) is 17.9 Å². The standard InChI is InChI=1S/C20H30N4O3/c1-3-27-20(26)24-10-6-17(7-11-24)22-18-12-16(13-21-14-18)19(25)23-8-4-15(2)5-9-23/h12-15,17,22H,3-11H2,1-2H3. The molecular weight excluding hydrogens is 344 g/mol. The van der Waals surface area contributed by atoms with Crippen molar-refractivity contribution in [3.05, 3.63) is 24.0 Å². The second kappa shape index (κ2) is 9.06. The van der Waals surface area contributed by atoms with E-state index in [9.17, 15) is 9.59 Å². The first-order valence-electron chi connectivity index (χ1n) is 9.99. The summed E-state index contributed by atoms with van der Waals surface area (Å²) in [5.74, 6) is 0.760. The Kier molecular flexibility index (Phi) is 6.53. The summed E-state index contributed by atoms with van der Waals surface area (Å²) in [6.45, 7) is 7.45. The predicted molar refractivity (Wildman–Crippen MR) is 104 cm³/mol. The van der Waals surface area contributed by atoms with Crippen molar-refractivity contribution in [1.82, 2.24) is 14.8 Å². The number of likely N-dealkylation sites (tertiary alicyclic amines) is 2. The predicted octanol–water partition coefficient (Wildman–Crippen LogP) is 2.99. The van der Waals surface area contributed by atoms with Gasteiger partial charge in [-0.15, -0.1) is 0 Å². The highest BCUT2D eigenvalue weighted by Gasteiger charge is 2.24. The first kappa shape index (κ1) is 19.5. The Morgan fingerprint density at radius 2 is 1.78 bits per heavy atom. The molecule has 7 nitrogen and oxygen atoms in total. The molecule has 2 aliphatic rings. The first-order valence-corrected chi connectivity index (χ1v) is 9.99. The van der Waals surface area contributed by atoms with E-state index in [4.69, 9.17) is 4.74 Å². The lowest BCUT2D eigenvalue weighted by Gasteiger charge is -2.32. The normalized spacial score (nSPS) is 19.0. The fourth-order valence-corrected chi connectivity index (χ4v) is 3.69. The van der Waals surface area contributed by atoms with Crippen molar-refractivity contribution in [2.24, 2.45) is 5.92 Å². The zero-order valence-electron chi connectivity index (χ0n) is 16.3. The van der Waals surface area contributed by atoms with Crippen LogP contribution >= 0.6 is 0 Å². The topological polar surface area (TPSA) is 74.8 Å². The minimum absolute atomic E-state index is 0.0650. The van der Waals surface area contributed by atoms with Gasteiger partial charge in [-0.25, -0.2) is 4.79 Å². The number of carbonyl (C=O) groups is 2. The van der Waals surface area contributed by atoms with Gasteiger partial charge in [0.1, 0.15) is 0 Å². The molecule has 2 amide bonds. The van der Waals surface area contributed by atoms with Gasteiger partial charge >= 0.3 is 6.09 Å². The number of hydrogen-bond acceptors (Lipinski definition) is 5. The number of nitrogens with zero attached hydrogens (tertiary/aromatic N) is 3. The number of carbonyl (C=O) groups excluding carboxylic acids is 2. The Labute approximate surface area is 161 Å². The van der Waals surface area contributed by atoms with Crippen LogP contribution in [0.3, 0.4) is 0 Å². The molecule has 0 aromatic carbocycles. The van der Waals surface area contributed by atoms with Crippen LogP contribution in [0.5, 0.6) is 0 Å². The van der Waals surface area contributed by atoms with Gasteiger partial charge in [-0.05, 0) is 44.6 Å². The summed E-state index contributed by atoms with van der Waals surface area (Å²) >= 11 is 0. The van der Waals surface area contributed by atoms with Crippen LogP contribution in [0.2, 0.25) is 0 Å². The maximum atomic E-state index is 12.7. The number of amides is 2. The van der Waals surface area contributed by atoms with Crippen LogP contribution < -0.4 is 5.32 Å². The van der Waals surface area contributed by atoms with Crippen molar-refractivity contribution in [1.29, 1.82) is 0 Å². The molecule has 0 atom stereocenters. The molecule has 1 aromatic heterocycles. The van der Waals surface area contributed by atoms with Crippen molar-refractivity contribution in [2.75, 3.05) is 38.1 Å². The third-order valence-corrected chi connectivity index (χ3v) is 5.45. The van der Waals surface area contributed by atoms with Crippen molar-refractivity contribution >= 4 is 17.7 Å². The van der Waals surface area contributed by atoms with Crippen molar-refractivity contribution in [3.63, 3.8) is 0 Å². The summed E-state index contributed by atoms with van der Waals surface area (Å²) in [7, 11) is 0. The van der Waals surface area contributed by atoms with Crippen molar-refractivity contribution < 1.29 is 14.3 Å². The largest absolute Gasteiger partial charge is 0.450 e. The Morgan fingerprint density at radius 3 is 2.44 bits per heavy atom. The lowest BCUT2D eigenvalue weighted by atomic mass is 9.99. The van der Waals surface area contributed by atoms with Gasteiger partial charge in [0.15, 0.2) is 0 Å². The van der Waals surface area contributed by atoms with Crippen LogP contribution in [0.15, 0.2) is 18.5 Å². The van der Waals surface area contributed by atoms with Gasteiger partial charge in [-0.1, -0.05) is 6.92 Å². The van der Waals surface area contributed by atoms with E-state index in [1.165, 1.54) is 0 Å². The Balaban J connectivity index is 1.54. The fourth-order valence-electron chi connectivity index (χ4n) is 3.69. The third-order valence-electron chi connectivity index (χ3n) is 5.45. The van der Waals surface area contributed by atoms with Gasteiger partial charge in [-0.2, -0.15) is 0 Å². The number of ether oxygens (including phenoxy) is 1. The smallest absolute Gasteiger partial charge is 0.409 e. The van der Waals surface area contributed by atoms with E-state index in [1.54, 1.807) is 17.3 Å². The minimum Gasteiger partial charge on any atom is -0.450 e. The van der Waals surface area contributed by atoms with E-state index < -0.39 is 0 Å². The molecule has 27 heavy (non-hydrogen) atoms. The van der Waals surface area contributed by atoms with Crippen LogP contribution in [0, 0.1) is 5.92 Å². The number of nitrogens with one attached hydrogen (secondary N) is 1. The number of hydrogen-bond donors (Lipinski definition) is 1. The van der Waals surface area contributed by atoms with Gasteiger partial charge in [-0.3, -0.25) is 9.78 Å². The third kappa shape index (κ3) is 5.11. The highest BCUT2D eigenvalue weighted by atomic mass is 16.6. The summed E-state index contributed by atoms with van der Waals surface area (Å²) in [4.78, 5) is 32.4. The summed E-state index contributed by atoms with van der Waals surface area (Å²) in [6.07, 6.45) is 7.00. The van der Waals surface area contributed by atoms with Crippen molar-refractivity contribution in [3.8, 4) is 0 Å². The lowest BCUT2D eigenvalue weighted by Crippen LogP contribution is -2.42. The molecule has 3 heterocycles. The quantitative estimate of drug-likeness (QED) is 0.877. The molecule has 0 spiro atoms. The number of rotatable bonds is 4. The van der Waals surface area contributed by atoms with Crippen LogP contribution in [0.1, 0.15) is 49.9 Å². The monoisotopic (exact) mass is 374 g/mol. The number of anilines is 1. The second-order valence-corrected chi connectivity index (χ2v) is 7.54. The summed E-state index contributed by atoms with van der Waals surface area (Å²) in [5.41, 5.74) is 1.50. The van der Waals surface area contributed by atoms with Crippen molar-refractivity contribution in [2.45, 2.75) is 45.6 Å². The number of piperidine rings is 2. The fraction of sp³-hybridized carbons (Fsp3) is 0.650. The van der Waals surface area contributed by atoms with Gasteiger partial charge in [0, 0.05) is 44.6 Å². The SMILES string of the molecule is CCOC(=O)N1CCC(Nc2cncc(C(=O)N3CCC(C)CC3)c2)CC1. The molecule has 0 bridgehead atoms. The molecule has 3 rings (SSSR count). The zero-order chi connectivity index (χ0) is 19.2. The molecule has 2 saturated heterocycles. The molecule has 0 aliphatic carbocycles. The Hall–Kier alpha value is -2.31. The summed E-state index contributed by atoms with van der Waals surface area (Å²) in [6, 6.07) is 2.16. The molecule has 7 heteroatoms. The van der Waals surface area contributed by atoms with E-state index >= 15 is 0 Å². The van der Waals surface area contributed by atoms with E-state index in [2.05, 4.69) is 17.2 Å². The maximum absolute atomic E-state index is 12.7. The van der Waals surface area contributed by atoms with E-state index in [-0.39, 0.29) is 18.0 Å². The average Bonchev–Trinajstić information content (AvgIpc) is 2.69. The maximum Gasteiger partial charge on any atom is 0.409 e. The minimum atomic E-state index is -0.235. The molecular formula is C20H30N4O3. The second-order valence-electron chi connectivity index (χ2n) is 7.54. The van der Waals surface area contributed by atoms with Crippen LogP contribution in [-0.2, 0) is 4.74 Å². The van der Waals surface area contributed by atoms with Crippen LogP contribution in [-0.4, -0.2) is 65.6 Å². The molecule has 0 unspecified atom stereocenters. The van der Waals surface area contributed by atoms with Gasteiger partial charge < -0.3 is 19.9 Å². The molecule has 0 saturated carbocycles. The first-order chi connectivity index (χ1) is 13.1. The van der Waals surface area contributed by atoms with E-state index in [0.29, 0.717) is 31.2 Å². The Morgan fingerprint density at radius 1 is 1.11 bits per heavy atom.